The standard InChI is InChI=1S/C23H20ClN3O2/c1-15-12-17(16(2)27(15)21-8-10-22(29-3)11-9-21)13-18(14-25)23(28)26-20-6-4-19(24)5-7-20/h4-13H,1-3H3,(H,26,28). The van der Waals surface area contributed by atoms with E-state index < -0.39 is 5.91 Å². The molecule has 0 bridgehead atoms. The lowest BCUT2D eigenvalue weighted by Gasteiger charge is -2.10. The molecular formula is C23H20ClN3O2. The lowest BCUT2D eigenvalue weighted by molar-refractivity contribution is -0.112. The second-order valence-electron chi connectivity index (χ2n) is 6.49. The van der Waals surface area contributed by atoms with E-state index in [1.54, 1.807) is 37.5 Å². The number of halogens is 1. The van der Waals surface area contributed by atoms with Crippen LogP contribution in [0.4, 0.5) is 5.69 Å². The van der Waals surface area contributed by atoms with Crippen molar-refractivity contribution < 1.29 is 9.53 Å². The normalized spacial score (nSPS) is 11.1. The molecule has 1 heterocycles. The fraction of sp³-hybridized carbons (Fsp3) is 0.130. The van der Waals surface area contributed by atoms with E-state index in [1.165, 1.54) is 0 Å². The number of nitriles is 1. The summed E-state index contributed by atoms with van der Waals surface area (Å²) in [5.41, 5.74) is 4.30. The minimum Gasteiger partial charge on any atom is -0.497 e. The number of amides is 1. The summed E-state index contributed by atoms with van der Waals surface area (Å²) in [5, 5.41) is 12.8. The first-order valence-corrected chi connectivity index (χ1v) is 9.33. The molecule has 2 aromatic carbocycles. The smallest absolute Gasteiger partial charge is 0.266 e. The molecule has 3 rings (SSSR count). The summed E-state index contributed by atoms with van der Waals surface area (Å²) in [7, 11) is 1.63. The molecule has 29 heavy (non-hydrogen) atoms. The Morgan fingerprint density at radius 3 is 2.38 bits per heavy atom. The second kappa shape index (κ2) is 8.68. The Hall–Kier alpha value is -3.49. The Labute approximate surface area is 174 Å². The molecule has 0 unspecified atom stereocenters. The van der Waals surface area contributed by atoms with Crippen LogP contribution >= 0.6 is 11.6 Å². The third-order valence-electron chi connectivity index (χ3n) is 4.57. The molecule has 1 amide bonds. The Morgan fingerprint density at radius 2 is 1.79 bits per heavy atom. The number of carbonyl (C=O) groups is 1. The molecule has 0 atom stereocenters. The van der Waals surface area contributed by atoms with E-state index in [1.807, 2.05) is 50.2 Å². The van der Waals surface area contributed by atoms with Crippen molar-refractivity contribution in [3.63, 3.8) is 0 Å². The van der Waals surface area contributed by atoms with Gasteiger partial charge in [0.1, 0.15) is 17.4 Å². The molecular weight excluding hydrogens is 386 g/mol. The molecule has 146 valence electrons. The van der Waals surface area contributed by atoms with Gasteiger partial charge in [-0.1, -0.05) is 11.6 Å². The zero-order chi connectivity index (χ0) is 21.0. The number of rotatable bonds is 5. The summed E-state index contributed by atoms with van der Waals surface area (Å²) in [5.74, 6) is 0.311. The van der Waals surface area contributed by atoms with Crippen molar-refractivity contribution in [3.8, 4) is 17.5 Å². The Bertz CT molecular complexity index is 1100. The van der Waals surface area contributed by atoms with Gasteiger partial charge < -0.3 is 14.6 Å². The number of methoxy groups -OCH3 is 1. The van der Waals surface area contributed by atoms with Crippen LogP contribution in [-0.4, -0.2) is 17.6 Å². The average molecular weight is 406 g/mol. The van der Waals surface area contributed by atoms with E-state index in [9.17, 15) is 10.1 Å². The Balaban J connectivity index is 1.90. The van der Waals surface area contributed by atoms with E-state index >= 15 is 0 Å². The van der Waals surface area contributed by atoms with Crippen molar-refractivity contribution in [1.29, 1.82) is 5.26 Å². The molecule has 1 N–H and O–H groups in total. The number of benzene rings is 2. The van der Waals surface area contributed by atoms with E-state index in [0.29, 0.717) is 10.7 Å². The molecule has 0 fully saturated rings. The maximum absolute atomic E-state index is 12.5. The number of hydrogen-bond donors (Lipinski definition) is 1. The SMILES string of the molecule is COc1ccc(-n2c(C)cc(C=C(C#N)C(=O)Nc3ccc(Cl)cc3)c2C)cc1. The third-order valence-corrected chi connectivity index (χ3v) is 4.82. The zero-order valence-electron chi connectivity index (χ0n) is 16.4. The van der Waals surface area contributed by atoms with E-state index in [4.69, 9.17) is 16.3 Å². The number of hydrogen-bond acceptors (Lipinski definition) is 3. The molecule has 0 saturated carbocycles. The number of aryl methyl sites for hydroxylation is 1. The van der Waals surface area contributed by atoms with Gasteiger partial charge in [0.05, 0.1) is 7.11 Å². The first kappa shape index (κ1) is 20.2. The first-order valence-electron chi connectivity index (χ1n) is 8.95. The van der Waals surface area contributed by atoms with Crippen molar-refractivity contribution in [1.82, 2.24) is 4.57 Å². The molecule has 0 aliphatic rings. The molecule has 0 spiro atoms. The van der Waals surface area contributed by atoms with Crippen LogP contribution in [0.15, 0.2) is 60.2 Å². The van der Waals surface area contributed by atoms with Crippen LogP contribution in [-0.2, 0) is 4.79 Å². The number of ether oxygens (including phenoxy) is 1. The molecule has 6 heteroatoms. The molecule has 5 nitrogen and oxygen atoms in total. The second-order valence-corrected chi connectivity index (χ2v) is 6.93. The fourth-order valence-corrected chi connectivity index (χ4v) is 3.22. The number of nitrogens with zero attached hydrogens (tertiary/aromatic N) is 2. The number of carbonyl (C=O) groups excluding carboxylic acids is 1. The molecule has 3 aromatic rings. The summed E-state index contributed by atoms with van der Waals surface area (Å²) < 4.78 is 7.28. The van der Waals surface area contributed by atoms with Crippen molar-refractivity contribution in [3.05, 3.63) is 82.1 Å². The molecule has 0 radical (unpaired) electrons. The highest BCUT2D eigenvalue weighted by Crippen LogP contribution is 2.24. The third kappa shape index (κ3) is 4.50. The topological polar surface area (TPSA) is 67.0 Å². The van der Waals surface area contributed by atoms with Crippen molar-refractivity contribution >= 4 is 29.3 Å². The summed E-state index contributed by atoms with van der Waals surface area (Å²) in [6, 6.07) is 18.4. The number of nitrogens with one attached hydrogen (secondary N) is 1. The Kier molecular flexibility index (Phi) is 6.06. The summed E-state index contributed by atoms with van der Waals surface area (Å²) in [4.78, 5) is 12.5. The number of aromatic nitrogens is 1. The van der Waals surface area contributed by atoms with Crippen LogP contribution in [0.25, 0.3) is 11.8 Å². The van der Waals surface area contributed by atoms with Crippen molar-refractivity contribution in [2.45, 2.75) is 13.8 Å². The molecule has 0 aliphatic carbocycles. The highest BCUT2D eigenvalue weighted by molar-refractivity contribution is 6.30. The maximum atomic E-state index is 12.5. The summed E-state index contributed by atoms with van der Waals surface area (Å²) in [6.45, 7) is 3.93. The van der Waals surface area contributed by atoms with E-state index in [0.717, 1.165) is 28.4 Å². The van der Waals surface area contributed by atoms with E-state index in [2.05, 4.69) is 9.88 Å². The maximum Gasteiger partial charge on any atom is 0.266 e. The van der Waals surface area contributed by atoms with Gasteiger partial charge in [0.25, 0.3) is 5.91 Å². The summed E-state index contributed by atoms with van der Waals surface area (Å²) >= 11 is 5.86. The predicted molar refractivity (Wildman–Crippen MR) is 115 cm³/mol. The van der Waals surface area contributed by atoms with Gasteiger partial charge in [0.2, 0.25) is 0 Å². The zero-order valence-corrected chi connectivity index (χ0v) is 17.1. The van der Waals surface area contributed by atoms with E-state index in [-0.39, 0.29) is 5.57 Å². The quantitative estimate of drug-likeness (QED) is 0.462. The van der Waals surface area contributed by atoms with Gasteiger partial charge in [-0.15, -0.1) is 0 Å². The molecule has 0 saturated heterocycles. The lowest BCUT2D eigenvalue weighted by atomic mass is 10.1. The van der Waals surface area contributed by atoms with Gasteiger partial charge in [0.15, 0.2) is 0 Å². The van der Waals surface area contributed by atoms with Gasteiger partial charge in [-0.2, -0.15) is 5.26 Å². The lowest BCUT2D eigenvalue weighted by Crippen LogP contribution is -2.13. The van der Waals surface area contributed by atoms with Gasteiger partial charge in [-0.05, 0) is 80.1 Å². The summed E-state index contributed by atoms with van der Waals surface area (Å²) in [6.07, 6.45) is 1.60. The van der Waals surface area contributed by atoms with Crippen molar-refractivity contribution in [2.75, 3.05) is 12.4 Å². The van der Waals surface area contributed by atoms with Gasteiger partial charge in [0, 0.05) is 27.8 Å². The van der Waals surface area contributed by atoms with Gasteiger partial charge in [-0.3, -0.25) is 4.79 Å². The fourth-order valence-electron chi connectivity index (χ4n) is 3.10. The van der Waals surface area contributed by atoms with Crippen molar-refractivity contribution in [2.24, 2.45) is 0 Å². The van der Waals surface area contributed by atoms with Crippen LogP contribution in [0.5, 0.6) is 5.75 Å². The highest BCUT2D eigenvalue weighted by Gasteiger charge is 2.14. The van der Waals surface area contributed by atoms with Crippen LogP contribution < -0.4 is 10.1 Å². The monoisotopic (exact) mass is 405 g/mol. The van der Waals surface area contributed by atoms with Crippen LogP contribution in [0.1, 0.15) is 17.0 Å². The first-order chi connectivity index (χ1) is 13.9. The van der Waals surface area contributed by atoms with Crippen LogP contribution in [0.3, 0.4) is 0 Å². The average Bonchev–Trinajstić information content (AvgIpc) is 3.00. The molecule has 1 aromatic heterocycles. The van der Waals surface area contributed by atoms with Crippen LogP contribution in [0.2, 0.25) is 5.02 Å². The minimum absolute atomic E-state index is 0.0231. The molecule has 0 aliphatic heterocycles. The van der Waals surface area contributed by atoms with Gasteiger partial charge >= 0.3 is 0 Å². The Morgan fingerprint density at radius 1 is 1.14 bits per heavy atom. The number of anilines is 1. The minimum atomic E-state index is -0.468. The highest BCUT2D eigenvalue weighted by atomic mass is 35.5. The predicted octanol–water partition coefficient (Wildman–Crippen LogP) is 5.30. The largest absolute Gasteiger partial charge is 0.497 e. The van der Waals surface area contributed by atoms with Crippen LogP contribution in [0, 0.1) is 25.2 Å². The van der Waals surface area contributed by atoms with Gasteiger partial charge in [-0.25, -0.2) is 0 Å².